The van der Waals surface area contributed by atoms with E-state index in [1.165, 1.54) is 0 Å². The van der Waals surface area contributed by atoms with Gasteiger partial charge >= 0.3 is 12.1 Å². The highest BCUT2D eigenvalue weighted by molar-refractivity contribution is 6.07. The van der Waals surface area contributed by atoms with Gasteiger partial charge in [-0.15, -0.1) is 0 Å². The number of carboxylic acid groups (broad SMARTS) is 1. The smallest absolute Gasteiger partial charge is 0.412 e. The summed E-state index contributed by atoms with van der Waals surface area (Å²) in [6.07, 6.45) is 5.32. The Labute approximate surface area is 229 Å². The molecule has 2 rings (SSSR count). The van der Waals surface area contributed by atoms with Crippen LogP contribution in [0.1, 0.15) is 76.1 Å². The summed E-state index contributed by atoms with van der Waals surface area (Å²) in [6.45, 7) is 5.49. The summed E-state index contributed by atoms with van der Waals surface area (Å²) in [6, 6.07) is 13.4. The summed E-state index contributed by atoms with van der Waals surface area (Å²) in [5.41, 5.74) is 1.19. The molecule has 0 aliphatic heterocycles. The van der Waals surface area contributed by atoms with Gasteiger partial charge in [0.15, 0.2) is 0 Å². The third-order valence-electron chi connectivity index (χ3n) is 5.41. The average molecular weight is 542 g/mol. The van der Waals surface area contributed by atoms with Crippen LogP contribution >= 0.6 is 0 Å². The Morgan fingerprint density at radius 1 is 0.769 bits per heavy atom. The average Bonchev–Trinajstić information content (AvgIpc) is 2.85. The minimum Gasteiger partial charge on any atom is -0.480 e. The Bertz CT molecular complexity index is 1090. The van der Waals surface area contributed by atoms with Crippen molar-refractivity contribution in [3.63, 3.8) is 0 Å². The molecule has 0 aliphatic carbocycles. The maximum absolute atomic E-state index is 12.8. The molecule has 0 unspecified atom stereocenters. The largest absolute Gasteiger partial charge is 0.480 e. The minimum atomic E-state index is -0.956. The highest BCUT2D eigenvalue weighted by Crippen LogP contribution is 2.23. The van der Waals surface area contributed by atoms with Crippen molar-refractivity contribution in [1.82, 2.24) is 0 Å². The summed E-state index contributed by atoms with van der Waals surface area (Å²) >= 11 is 0. The summed E-state index contributed by atoms with van der Waals surface area (Å²) in [7, 11) is 0. The van der Waals surface area contributed by atoms with Gasteiger partial charge in [0, 0.05) is 24.3 Å². The first-order valence-corrected chi connectivity index (χ1v) is 13.1. The van der Waals surface area contributed by atoms with E-state index in [4.69, 9.17) is 14.6 Å². The van der Waals surface area contributed by atoms with Crippen LogP contribution in [0.2, 0.25) is 0 Å². The van der Waals surface area contributed by atoms with Gasteiger partial charge in [0.2, 0.25) is 5.91 Å². The molecular weight excluding hydrogens is 502 g/mol. The van der Waals surface area contributed by atoms with Crippen LogP contribution in [-0.4, -0.2) is 47.8 Å². The Kier molecular flexibility index (Phi) is 12.9. The van der Waals surface area contributed by atoms with E-state index in [0.717, 1.165) is 38.5 Å². The Balaban J connectivity index is 1.72. The standard InChI is InChI=1S/C29H39N3O7/c1-29(2,3)39-28(37)32-24-13-10-9-12-23(24)31-27(36)21-15-17-22(18-16-21)30-25(33)14-8-6-4-5-7-11-19-38-20-26(34)35/h9-10,12-13,15-18H,4-8,11,14,19-20H2,1-3H3,(H,30,33)(H,31,36)(H,32,37)(H,34,35). The molecule has 0 saturated carbocycles. The molecule has 2 aromatic rings. The van der Waals surface area contributed by atoms with Gasteiger partial charge in [-0.3, -0.25) is 14.9 Å². The summed E-state index contributed by atoms with van der Waals surface area (Å²) in [5.74, 6) is -1.40. The zero-order valence-electron chi connectivity index (χ0n) is 22.9. The first-order chi connectivity index (χ1) is 18.5. The number of amides is 3. The van der Waals surface area contributed by atoms with Crippen molar-refractivity contribution >= 4 is 40.9 Å². The van der Waals surface area contributed by atoms with Crippen molar-refractivity contribution < 1.29 is 33.8 Å². The summed E-state index contributed by atoms with van der Waals surface area (Å²) in [4.78, 5) is 47.5. The number of carbonyl (C=O) groups excluding carboxylic acids is 3. The van der Waals surface area contributed by atoms with Crippen LogP contribution in [0.5, 0.6) is 0 Å². The predicted molar refractivity (Wildman–Crippen MR) is 150 cm³/mol. The van der Waals surface area contributed by atoms with Gasteiger partial charge in [-0.1, -0.05) is 37.8 Å². The van der Waals surface area contributed by atoms with E-state index in [-0.39, 0.29) is 18.4 Å². The Morgan fingerprint density at radius 2 is 1.36 bits per heavy atom. The van der Waals surface area contributed by atoms with Crippen molar-refractivity contribution in [1.29, 1.82) is 0 Å². The number of aliphatic carboxylic acids is 1. The van der Waals surface area contributed by atoms with Gasteiger partial charge in [0.1, 0.15) is 12.2 Å². The van der Waals surface area contributed by atoms with Crippen LogP contribution in [0, 0.1) is 0 Å². The number of carboxylic acids is 1. The molecule has 0 radical (unpaired) electrons. The van der Waals surface area contributed by atoms with Crippen LogP contribution in [0.3, 0.4) is 0 Å². The highest BCUT2D eigenvalue weighted by atomic mass is 16.6. The number of benzene rings is 2. The molecule has 3 amide bonds. The lowest BCUT2D eigenvalue weighted by Gasteiger charge is -2.20. The normalized spacial score (nSPS) is 10.9. The lowest BCUT2D eigenvalue weighted by Crippen LogP contribution is -2.27. The highest BCUT2D eigenvalue weighted by Gasteiger charge is 2.18. The van der Waals surface area contributed by atoms with Crippen molar-refractivity contribution in [2.75, 3.05) is 29.2 Å². The molecular formula is C29H39N3O7. The Morgan fingerprint density at radius 3 is 1.97 bits per heavy atom. The van der Waals surface area contributed by atoms with Crippen LogP contribution in [0.25, 0.3) is 0 Å². The third-order valence-corrected chi connectivity index (χ3v) is 5.41. The van der Waals surface area contributed by atoms with Crippen LogP contribution in [0.15, 0.2) is 48.5 Å². The van der Waals surface area contributed by atoms with Gasteiger partial charge in [-0.2, -0.15) is 0 Å². The Hall–Kier alpha value is -3.92. The van der Waals surface area contributed by atoms with Gasteiger partial charge in [0.05, 0.1) is 11.4 Å². The molecule has 10 heteroatoms. The van der Waals surface area contributed by atoms with Crippen molar-refractivity contribution in [2.45, 2.75) is 71.3 Å². The second kappa shape index (κ2) is 16.1. The molecule has 39 heavy (non-hydrogen) atoms. The van der Waals surface area contributed by atoms with Gasteiger partial charge in [-0.25, -0.2) is 9.59 Å². The maximum atomic E-state index is 12.8. The van der Waals surface area contributed by atoms with E-state index < -0.39 is 17.7 Å². The molecule has 0 aliphatic rings. The molecule has 0 atom stereocenters. The number of hydrogen-bond donors (Lipinski definition) is 4. The number of para-hydroxylation sites is 2. The first-order valence-electron chi connectivity index (χ1n) is 13.1. The van der Waals surface area contributed by atoms with Crippen molar-refractivity contribution in [2.24, 2.45) is 0 Å². The molecule has 4 N–H and O–H groups in total. The number of carbonyl (C=O) groups is 4. The quantitative estimate of drug-likeness (QED) is 0.201. The van der Waals surface area contributed by atoms with E-state index in [1.54, 1.807) is 69.3 Å². The molecule has 212 valence electrons. The zero-order chi connectivity index (χ0) is 28.7. The molecule has 0 bridgehead atoms. The zero-order valence-corrected chi connectivity index (χ0v) is 22.9. The molecule has 2 aromatic carbocycles. The number of anilines is 3. The number of ether oxygens (including phenoxy) is 2. The first kappa shape index (κ1) is 31.3. The lowest BCUT2D eigenvalue weighted by molar-refractivity contribution is -0.142. The van der Waals surface area contributed by atoms with Crippen LogP contribution in [-0.2, 0) is 19.1 Å². The minimum absolute atomic E-state index is 0.0867. The number of hydrogen-bond acceptors (Lipinski definition) is 6. The van der Waals surface area contributed by atoms with Gasteiger partial charge in [-0.05, 0) is 70.0 Å². The third kappa shape index (κ3) is 13.4. The monoisotopic (exact) mass is 541 g/mol. The molecule has 0 saturated heterocycles. The van der Waals surface area contributed by atoms with Crippen molar-refractivity contribution in [3.8, 4) is 0 Å². The number of nitrogens with one attached hydrogen (secondary N) is 3. The van der Waals surface area contributed by atoms with Crippen LogP contribution < -0.4 is 16.0 Å². The number of rotatable bonds is 15. The summed E-state index contributed by atoms with van der Waals surface area (Å²) in [5, 5.41) is 16.8. The second-order valence-electron chi connectivity index (χ2n) is 10.1. The maximum Gasteiger partial charge on any atom is 0.412 e. The topological polar surface area (TPSA) is 143 Å². The van der Waals surface area contributed by atoms with E-state index in [9.17, 15) is 19.2 Å². The second-order valence-corrected chi connectivity index (χ2v) is 10.1. The van der Waals surface area contributed by atoms with E-state index >= 15 is 0 Å². The van der Waals surface area contributed by atoms with Gasteiger partial charge in [0.25, 0.3) is 5.91 Å². The van der Waals surface area contributed by atoms with Crippen LogP contribution in [0.4, 0.5) is 21.9 Å². The fourth-order valence-electron chi connectivity index (χ4n) is 3.59. The predicted octanol–water partition coefficient (Wildman–Crippen LogP) is 6.06. The summed E-state index contributed by atoms with van der Waals surface area (Å²) < 4.78 is 10.3. The molecule has 0 spiro atoms. The fraction of sp³-hybridized carbons (Fsp3) is 0.448. The van der Waals surface area contributed by atoms with Gasteiger partial charge < -0.3 is 25.2 Å². The fourth-order valence-corrected chi connectivity index (χ4v) is 3.59. The van der Waals surface area contributed by atoms with E-state index in [1.807, 2.05) is 0 Å². The molecule has 0 fully saturated rings. The van der Waals surface area contributed by atoms with Crippen molar-refractivity contribution in [3.05, 3.63) is 54.1 Å². The number of unbranched alkanes of at least 4 members (excludes halogenated alkanes) is 5. The van der Waals surface area contributed by atoms with E-state index in [2.05, 4.69) is 16.0 Å². The molecule has 10 nitrogen and oxygen atoms in total. The molecule has 0 heterocycles. The lowest BCUT2D eigenvalue weighted by atomic mass is 10.1. The van der Waals surface area contributed by atoms with E-state index in [0.29, 0.717) is 35.7 Å². The SMILES string of the molecule is CC(C)(C)OC(=O)Nc1ccccc1NC(=O)c1ccc(NC(=O)CCCCCCCCOCC(=O)O)cc1. The molecule has 0 aromatic heterocycles.